The molecule has 14 heavy (non-hydrogen) atoms. The second-order valence-corrected chi connectivity index (χ2v) is 3.91. The molecule has 4 heteroatoms. The lowest BCUT2D eigenvalue weighted by Crippen LogP contribution is -2.32. The number of nitrogens with two attached hydrogens (primary N) is 1. The molecular weight excluding hydrogens is 176 g/mol. The summed E-state index contributed by atoms with van der Waals surface area (Å²) in [5.41, 5.74) is 5.60. The molecule has 0 aliphatic carbocycles. The van der Waals surface area contributed by atoms with E-state index in [0.29, 0.717) is 6.54 Å². The van der Waals surface area contributed by atoms with Crippen LogP contribution in [0.25, 0.3) is 0 Å². The van der Waals surface area contributed by atoms with Gasteiger partial charge in [-0.05, 0) is 31.8 Å². The van der Waals surface area contributed by atoms with Crippen LogP contribution in [0.1, 0.15) is 18.7 Å². The fourth-order valence-corrected chi connectivity index (χ4v) is 2.05. The van der Waals surface area contributed by atoms with Crippen LogP contribution in [0.4, 0.5) is 0 Å². The number of piperidine rings is 1. The fourth-order valence-electron chi connectivity index (χ4n) is 2.05. The maximum absolute atomic E-state index is 5.60. The molecule has 2 heterocycles. The molecule has 0 bridgehead atoms. The average molecular weight is 194 g/mol. The second-order valence-electron chi connectivity index (χ2n) is 3.91. The van der Waals surface area contributed by atoms with Gasteiger partial charge in [0.25, 0.3) is 0 Å². The molecule has 2 rings (SSSR count). The Labute approximate surface area is 84.5 Å². The van der Waals surface area contributed by atoms with E-state index in [4.69, 9.17) is 5.73 Å². The van der Waals surface area contributed by atoms with Gasteiger partial charge in [0.2, 0.25) is 0 Å². The predicted octanol–water partition coefficient (Wildman–Crippen LogP) is 0.341. The van der Waals surface area contributed by atoms with Crippen molar-refractivity contribution in [2.24, 2.45) is 11.7 Å². The molecule has 3 N–H and O–H groups in total. The fraction of sp³-hybridized carbons (Fsp3) is 0.700. The monoisotopic (exact) mass is 194 g/mol. The molecule has 0 saturated carbocycles. The largest absolute Gasteiger partial charge is 0.334 e. The first-order valence-electron chi connectivity index (χ1n) is 5.31. The Hall–Kier alpha value is -0.870. The highest BCUT2D eigenvalue weighted by atomic mass is 15.1. The minimum absolute atomic E-state index is 0.535. The summed E-state index contributed by atoms with van der Waals surface area (Å²) < 4.78 is 2.18. The van der Waals surface area contributed by atoms with Crippen molar-refractivity contribution < 1.29 is 0 Å². The van der Waals surface area contributed by atoms with Crippen molar-refractivity contribution in [2.75, 3.05) is 13.1 Å². The first-order chi connectivity index (χ1) is 6.90. The van der Waals surface area contributed by atoms with Gasteiger partial charge in [0.1, 0.15) is 5.82 Å². The Kier molecular flexibility index (Phi) is 3.16. The van der Waals surface area contributed by atoms with Crippen LogP contribution in [-0.4, -0.2) is 22.6 Å². The molecule has 1 fully saturated rings. The highest BCUT2D eigenvalue weighted by Gasteiger charge is 2.14. The van der Waals surface area contributed by atoms with E-state index in [0.717, 1.165) is 24.8 Å². The highest BCUT2D eigenvalue weighted by Crippen LogP contribution is 2.13. The van der Waals surface area contributed by atoms with Gasteiger partial charge in [-0.3, -0.25) is 0 Å². The van der Waals surface area contributed by atoms with Crippen LogP contribution in [-0.2, 0) is 13.1 Å². The standard InChI is InChI=1S/C10H18N4/c11-6-10-13-4-5-14(10)8-9-2-1-3-12-7-9/h4-5,9,12H,1-3,6-8,11H2. The van der Waals surface area contributed by atoms with E-state index in [1.54, 1.807) is 0 Å². The molecule has 1 aliphatic rings. The summed E-state index contributed by atoms with van der Waals surface area (Å²) >= 11 is 0. The van der Waals surface area contributed by atoms with Crippen molar-refractivity contribution in [1.29, 1.82) is 0 Å². The average Bonchev–Trinajstić information content (AvgIpc) is 2.67. The number of aromatic nitrogens is 2. The van der Waals surface area contributed by atoms with Crippen molar-refractivity contribution in [3.05, 3.63) is 18.2 Å². The van der Waals surface area contributed by atoms with Crippen LogP contribution in [0.15, 0.2) is 12.4 Å². The molecule has 0 amide bonds. The molecule has 0 spiro atoms. The number of hydrogen-bond acceptors (Lipinski definition) is 3. The quantitative estimate of drug-likeness (QED) is 0.729. The summed E-state index contributed by atoms with van der Waals surface area (Å²) in [6.45, 7) is 3.89. The minimum atomic E-state index is 0.535. The van der Waals surface area contributed by atoms with Gasteiger partial charge < -0.3 is 15.6 Å². The summed E-state index contributed by atoms with van der Waals surface area (Å²) in [5, 5.41) is 3.42. The molecule has 1 aromatic heterocycles. The van der Waals surface area contributed by atoms with Crippen molar-refractivity contribution in [3.8, 4) is 0 Å². The number of nitrogens with zero attached hydrogens (tertiary/aromatic N) is 2. The van der Waals surface area contributed by atoms with Gasteiger partial charge in [-0.15, -0.1) is 0 Å². The van der Waals surface area contributed by atoms with Crippen LogP contribution in [0.5, 0.6) is 0 Å². The Bertz CT molecular complexity index is 275. The van der Waals surface area contributed by atoms with E-state index < -0.39 is 0 Å². The Morgan fingerprint density at radius 3 is 3.29 bits per heavy atom. The van der Waals surface area contributed by atoms with Gasteiger partial charge in [0.05, 0.1) is 6.54 Å². The zero-order valence-electron chi connectivity index (χ0n) is 8.45. The van der Waals surface area contributed by atoms with Gasteiger partial charge in [-0.25, -0.2) is 4.98 Å². The highest BCUT2D eigenvalue weighted by molar-refractivity contribution is 4.92. The van der Waals surface area contributed by atoms with Crippen molar-refractivity contribution in [1.82, 2.24) is 14.9 Å². The number of hydrogen-bond donors (Lipinski definition) is 2. The molecule has 1 unspecified atom stereocenters. The molecular formula is C10H18N4. The van der Waals surface area contributed by atoms with E-state index in [1.165, 1.54) is 19.4 Å². The first-order valence-corrected chi connectivity index (χ1v) is 5.31. The van der Waals surface area contributed by atoms with E-state index in [-0.39, 0.29) is 0 Å². The minimum Gasteiger partial charge on any atom is -0.334 e. The van der Waals surface area contributed by atoms with Crippen molar-refractivity contribution >= 4 is 0 Å². The molecule has 0 aromatic carbocycles. The topological polar surface area (TPSA) is 55.9 Å². The van der Waals surface area contributed by atoms with Crippen molar-refractivity contribution in [3.63, 3.8) is 0 Å². The molecule has 1 atom stereocenters. The summed E-state index contributed by atoms with van der Waals surface area (Å²) in [5.74, 6) is 1.74. The number of imidazole rings is 1. The summed E-state index contributed by atoms with van der Waals surface area (Å²) in [4.78, 5) is 4.22. The molecule has 78 valence electrons. The van der Waals surface area contributed by atoms with Crippen molar-refractivity contribution in [2.45, 2.75) is 25.9 Å². The lowest BCUT2D eigenvalue weighted by atomic mass is 10.00. The number of nitrogens with one attached hydrogen (secondary N) is 1. The van der Waals surface area contributed by atoms with E-state index in [9.17, 15) is 0 Å². The molecule has 0 radical (unpaired) electrons. The second kappa shape index (κ2) is 4.57. The number of rotatable bonds is 3. The Morgan fingerprint density at radius 2 is 2.57 bits per heavy atom. The van der Waals surface area contributed by atoms with Gasteiger partial charge in [0, 0.05) is 18.9 Å². The van der Waals surface area contributed by atoms with Crippen LogP contribution in [0.2, 0.25) is 0 Å². The lowest BCUT2D eigenvalue weighted by Gasteiger charge is -2.23. The lowest BCUT2D eigenvalue weighted by molar-refractivity contribution is 0.333. The van der Waals surface area contributed by atoms with Gasteiger partial charge >= 0.3 is 0 Å². The SMILES string of the molecule is NCc1nccn1CC1CCCNC1. The van der Waals surface area contributed by atoms with Gasteiger partial charge in [-0.2, -0.15) is 0 Å². The summed E-state index contributed by atoms with van der Waals surface area (Å²) in [6.07, 6.45) is 6.46. The van der Waals surface area contributed by atoms with Gasteiger partial charge in [-0.1, -0.05) is 0 Å². The zero-order chi connectivity index (χ0) is 9.80. The van der Waals surface area contributed by atoms with E-state index in [1.807, 2.05) is 12.4 Å². The maximum Gasteiger partial charge on any atom is 0.122 e. The normalized spacial score (nSPS) is 22.5. The van der Waals surface area contributed by atoms with Crippen LogP contribution >= 0.6 is 0 Å². The summed E-state index contributed by atoms with van der Waals surface area (Å²) in [6, 6.07) is 0. The third kappa shape index (κ3) is 2.13. The van der Waals surface area contributed by atoms with Crippen LogP contribution < -0.4 is 11.1 Å². The molecule has 1 aliphatic heterocycles. The van der Waals surface area contributed by atoms with Gasteiger partial charge in [0.15, 0.2) is 0 Å². The molecule has 1 aromatic rings. The van der Waals surface area contributed by atoms with E-state index >= 15 is 0 Å². The third-order valence-corrected chi connectivity index (χ3v) is 2.84. The molecule has 1 saturated heterocycles. The molecule has 4 nitrogen and oxygen atoms in total. The first kappa shape index (κ1) is 9.68. The Morgan fingerprint density at radius 1 is 1.64 bits per heavy atom. The maximum atomic E-state index is 5.60. The third-order valence-electron chi connectivity index (χ3n) is 2.84. The van der Waals surface area contributed by atoms with E-state index in [2.05, 4.69) is 14.9 Å². The smallest absolute Gasteiger partial charge is 0.122 e. The predicted molar refractivity (Wildman–Crippen MR) is 55.7 cm³/mol. The van der Waals surface area contributed by atoms with Crippen LogP contribution in [0, 0.1) is 5.92 Å². The van der Waals surface area contributed by atoms with Crippen LogP contribution in [0.3, 0.4) is 0 Å². The Balaban J connectivity index is 1.95. The zero-order valence-corrected chi connectivity index (χ0v) is 8.45. The summed E-state index contributed by atoms with van der Waals surface area (Å²) in [7, 11) is 0.